The van der Waals surface area contributed by atoms with Crippen molar-refractivity contribution in [3.8, 4) is 0 Å². The summed E-state index contributed by atoms with van der Waals surface area (Å²) in [4.78, 5) is 2.61. The molecule has 3 nitrogen and oxygen atoms in total. The van der Waals surface area contributed by atoms with Crippen molar-refractivity contribution in [2.75, 3.05) is 26.3 Å². The maximum Gasteiger partial charge on any atom is 0.0622 e. The largest absolute Gasteiger partial charge is 0.378 e. The summed E-state index contributed by atoms with van der Waals surface area (Å²) in [7, 11) is 0. The quantitative estimate of drug-likeness (QED) is 0.897. The average molecular weight is 260 g/mol. The third-order valence-electron chi connectivity index (χ3n) is 4.44. The highest BCUT2D eigenvalue weighted by Crippen LogP contribution is 2.18. The maximum atomic E-state index is 5.59. The van der Waals surface area contributed by atoms with Gasteiger partial charge in [-0.2, -0.15) is 0 Å². The van der Waals surface area contributed by atoms with Crippen LogP contribution in [0.1, 0.15) is 24.5 Å². The standard InChI is InChI=1S/C16H24N2O/c1-2-16-12-19-8-7-18(16)11-15-9-13-5-3-4-6-14(13)10-17-15/h3-6,15-17H,2,7-12H2,1H3. The molecule has 2 unspecified atom stereocenters. The molecule has 1 fully saturated rings. The summed E-state index contributed by atoms with van der Waals surface area (Å²) >= 11 is 0. The van der Waals surface area contributed by atoms with Crippen LogP contribution in [0, 0.1) is 0 Å². The minimum atomic E-state index is 0.585. The van der Waals surface area contributed by atoms with E-state index in [2.05, 4.69) is 41.4 Å². The van der Waals surface area contributed by atoms with Crippen molar-refractivity contribution in [3.05, 3.63) is 35.4 Å². The number of benzene rings is 1. The fraction of sp³-hybridized carbons (Fsp3) is 0.625. The lowest BCUT2D eigenvalue weighted by molar-refractivity contribution is -0.0129. The number of hydrogen-bond donors (Lipinski definition) is 1. The van der Waals surface area contributed by atoms with Gasteiger partial charge in [0.25, 0.3) is 0 Å². The first-order valence-electron chi connectivity index (χ1n) is 7.48. The minimum absolute atomic E-state index is 0.585. The fourth-order valence-corrected chi connectivity index (χ4v) is 3.24. The normalized spacial score (nSPS) is 28.1. The van der Waals surface area contributed by atoms with Gasteiger partial charge < -0.3 is 10.1 Å². The Kier molecular flexibility index (Phi) is 4.16. The van der Waals surface area contributed by atoms with Gasteiger partial charge in [0.05, 0.1) is 13.2 Å². The van der Waals surface area contributed by atoms with Crippen LogP contribution < -0.4 is 5.32 Å². The molecule has 0 aromatic heterocycles. The van der Waals surface area contributed by atoms with E-state index in [1.54, 1.807) is 0 Å². The average Bonchev–Trinajstić information content (AvgIpc) is 2.48. The molecule has 1 aromatic rings. The molecule has 2 heterocycles. The van der Waals surface area contributed by atoms with E-state index in [1.807, 2.05) is 0 Å². The number of ether oxygens (including phenoxy) is 1. The summed E-state index contributed by atoms with van der Waals surface area (Å²) in [6.07, 6.45) is 2.34. The summed E-state index contributed by atoms with van der Waals surface area (Å²) in [6, 6.07) is 10.00. The third-order valence-corrected chi connectivity index (χ3v) is 4.44. The van der Waals surface area contributed by atoms with E-state index in [4.69, 9.17) is 4.74 Å². The maximum absolute atomic E-state index is 5.59. The SMILES string of the molecule is CCC1COCCN1CC1Cc2ccccc2CN1. The molecule has 0 saturated carbocycles. The van der Waals surface area contributed by atoms with Crippen LogP contribution in [-0.2, 0) is 17.7 Å². The first kappa shape index (κ1) is 13.1. The van der Waals surface area contributed by atoms with E-state index in [0.29, 0.717) is 12.1 Å². The fourth-order valence-electron chi connectivity index (χ4n) is 3.24. The van der Waals surface area contributed by atoms with Crippen LogP contribution >= 0.6 is 0 Å². The summed E-state index contributed by atoms with van der Waals surface area (Å²) in [5.74, 6) is 0. The van der Waals surface area contributed by atoms with E-state index in [0.717, 1.165) is 39.3 Å². The number of morpholine rings is 1. The molecule has 0 spiro atoms. The van der Waals surface area contributed by atoms with Crippen LogP contribution in [0.15, 0.2) is 24.3 Å². The summed E-state index contributed by atoms with van der Waals surface area (Å²) in [5, 5.41) is 3.68. The molecular weight excluding hydrogens is 236 g/mol. The van der Waals surface area contributed by atoms with Crippen LogP contribution in [0.5, 0.6) is 0 Å². The van der Waals surface area contributed by atoms with Crippen LogP contribution in [-0.4, -0.2) is 43.3 Å². The minimum Gasteiger partial charge on any atom is -0.378 e. The second-order valence-corrected chi connectivity index (χ2v) is 5.68. The van der Waals surface area contributed by atoms with Gasteiger partial charge in [0.1, 0.15) is 0 Å². The summed E-state index contributed by atoms with van der Waals surface area (Å²) in [5.41, 5.74) is 2.99. The number of nitrogens with one attached hydrogen (secondary N) is 1. The first-order valence-corrected chi connectivity index (χ1v) is 7.48. The smallest absolute Gasteiger partial charge is 0.0622 e. The molecule has 1 aromatic carbocycles. The molecule has 2 aliphatic rings. The van der Waals surface area contributed by atoms with Gasteiger partial charge in [-0.25, -0.2) is 0 Å². The molecule has 0 amide bonds. The van der Waals surface area contributed by atoms with Crippen molar-refractivity contribution in [2.45, 2.75) is 38.4 Å². The van der Waals surface area contributed by atoms with E-state index in [-0.39, 0.29) is 0 Å². The molecule has 2 atom stereocenters. The highest BCUT2D eigenvalue weighted by Gasteiger charge is 2.26. The topological polar surface area (TPSA) is 24.5 Å². The van der Waals surface area contributed by atoms with Gasteiger partial charge in [-0.1, -0.05) is 31.2 Å². The Hall–Kier alpha value is -0.900. The van der Waals surface area contributed by atoms with Crippen LogP contribution in [0.4, 0.5) is 0 Å². The van der Waals surface area contributed by atoms with Gasteiger partial charge in [-0.05, 0) is 24.0 Å². The van der Waals surface area contributed by atoms with E-state index in [9.17, 15) is 0 Å². The van der Waals surface area contributed by atoms with Crippen molar-refractivity contribution in [2.24, 2.45) is 0 Å². The van der Waals surface area contributed by atoms with Gasteiger partial charge in [-0.15, -0.1) is 0 Å². The molecule has 1 N–H and O–H groups in total. The Morgan fingerprint density at radius 2 is 2.16 bits per heavy atom. The van der Waals surface area contributed by atoms with Crippen molar-refractivity contribution in [3.63, 3.8) is 0 Å². The van der Waals surface area contributed by atoms with Gasteiger partial charge in [0, 0.05) is 31.7 Å². The highest BCUT2D eigenvalue weighted by molar-refractivity contribution is 5.29. The van der Waals surface area contributed by atoms with Crippen molar-refractivity contribution < 1.29 is 4.74 Å². The monoisotopic (exact) mass is 260 g/mol. The van der Waals surface area contributed by atoms with Gasteiger partial charge >= 0.3 is 0 Å². The molecule has 3 rings (SSSR count). The number of fused-ring (bicyclic) bond motifs is 1. The van der Waals surface area contributed by atoms with Crippen LogP contribution in [0.25, 0.3) is 0 Å². The Labute approximate surface area is 115 Å². The lowest BCUT2D eigenvalue weighted by Crippen LogP contribution is -2.52. The zero-order valence-electron chi connectivity index (χ0n) is 11.8. The Morgan fingerprint density at radius 1 is 1.32 bits per heavy atom. The summed E-state index contributed by atoms with van der Waals surface area (Å²) in [6.45, 7) is 7.30. The number of nitrogens with zero attached hydrogens (tertiary/aromatic N) is 1. The zero-order valence-corrected chi connectivity index (χ0v) is 11.8. The van der Waals surface area contributed by atoms with Gasteiger partial charge in [0.15, 0.2) is 0 Å². The van der Waals surface area contributed by atoms with Gasteiger partial charge in [-0.3, -0.25) is 4.90 Å². The van der Waals surface area contributed by atoms with Crippen molar-refractivity contribution in [1.82, 2.24) is 10.2 Å². The van der Waals surface area contributed by atoms with E-state index < -0.39 is 0 Å². The Bertz CT molecular complexity index is 421. The molecule has 19 heavy (non-hydrogen) atoms. The predicted molar refractivity (Wildman–Crippen MR) is 77.2 cm³/mol. The molecule has 1 saturated heterocycles. The number of rotatable bonds is 3. The van der Waals surface area contributed by atoms with Crippen LogP contribution in [0.3, 0.4) is 0 Å². The molecular formula is C16H24N2O. The molecule has 0 bridgehead atoms. The zero-order chi connectivity index (χ0) is 13.1. The molecule has 2 aliphatic heterocycles. The van der Waals surface area contributed by atoms with Crippen LogP contribution in [0.2, 0.25) is 0 Å². The number of hydrogen-bond acceptors (Lipinski definition) is 3. The molecule has 3 heteroatoms. The third kappa shape index (κ3) is 2.99. The van der Waals surface area contributed by atoms with Gasteiger partial charge in [0.2, 0.25) is 0 Å². The van der Waals surface area contributed by atoms with E-state index >= 15 is 0 Å². The lowest BCUT2D eigenvalue weighted by atomic mass is 9.95. The van der Waals surface area contributed by atoms with Crippen molar-refractivity contribution >= 4 is 0 Å². The Balaban J connectivity index is 1.62. The Morgan fingerprint density at radius 3 is 3.00 bits per heavy atom. The predicted octanol–water partition coefficient (Wildman–Crippen LogP) is 1.81. The lowest BCUT2D eigenvalue weighted by Gasteiger charge is -2.38. The molecule has 0 aliphatic carbocycles. The molecule has 0 radical (unpaired) electrons. The van der Waals surface area contributed by atoms with E-state index in [1.165, 1.54) is 17.5 Å². The van der Waals surface area contributed by atoms with Crippen molar-refractivity contribution in [1.29, 1.82) is 0 Å². The summed E-state index contributed by atoms with van der Waals surface area (Å²) < 4.78 is 5.59. The first-order chi connectivity index (χ1) is 9.36. The second kappa shape index (κ2) is 6.04. The molecule has 104 valence electrons. The second-order valence-electron chi connectivity index (χ2n) is 5.68. The highest BCUT2D eigenvalue weighted by atomic mass is 16.5.